The zero-order chi connectivity index (χ0) is 25.4. The zero-order valence-electron chi connectivity index (χ0n) is 20.5. The van der Waals surface area contributed by atoms with Crippen LogP contribution in [-0.2, 0) is 0 Å². The molecule has 10 nitrogen and oxygen atoms in total. The van der Waals surface area contributed by atoms with E-state index in [0.717, 1.165) is 10.4 Å². The molecule has 2 aliphatic rings. The molecular weight excluding hydrogens is 488 g/mol. The molecule has 0 radical (unpaired) electrons. The number of aromatic nitrogens is 5. The Morgan fingerprint density at radius 2 is 1.89 bits per heavy atom. The molecule has 0 unspecified atom stereocenters. The van der Waals surface area contributed by atoms with Gasteiger partial charge in [0.05, 0.1) is 11.8 Å². The monoisotopic (exact) mass is 516 g/mol. The summed E-state index contributed by atoms with van der Waals surface area (Å²) in [5.41, 5.74) is 1.76. The number of anilines is 1. The normalized spacial score (nSPS) is 17.1. The van der Waals surface area contributed by atoms with Gasteiger partial charge in [-0.3, -0.25) is 14.6 Å². The molecule has 0 aromatic carbocycles. The molecule has 4 aromatic heterocycles. The minimum atomic E-state index is -0.126. The number of nitrogens with zero attached hydrogens (tertiary/aromatic N) is 6. The molecule has 6 rings (SSSR count). The van der Waals surface area contributed by atoms with Gasteiger partial charge in [0, 0.05) is 60.8 Å². The van der Waals surface area contributed by atoms with Crippen molar-refractivity contribution in [2.75, 3.05) is 18.4 Å². The van der Waals surface area contributed by atoms with Gasteiger partial charge in [-0.25, -0.2) is 14.5 Å². The molecular formula is C26H28N8O2S. The van der Waals surface area contributed by atoms with Gasteiger partial charge < -0.3 is 15.5 Å². The van der Waals surface area contributed by atoms with Crippen molar-refractivity contribution in [2.24, 2.45) is 5.92 Å². The van der Waals surface area contributed by atoms with Gasteiger partial charge in [0.15, 0.2) is 5.82 Å². The summed E-state index contributed by atoms with van der Waals surface area (Å²) < 4.78 is 1.79. The van der Waals surface area contributed by atoms with Crippen molar-refractivity contribution in [1.29, 1.82) is 0 Å². The Morgan fingerprint density at radius 1 is 1.11 bits per heavy atom. The molecule has 1 aliphatic carbocycles. The second-order valence-corrected chi connectivity index (χ2v) is 10.6. The number of carbonyl (C=O) groups is 2. The lowest BCUT2D eigenvalue weighted by Gasteiger charge is -2.32. The number of pyridine rings is 1. The lowest BCUT2D eigenvalue weighted by atomic mass is 10.0. The summed E-state index contributed by atoms with van der Waals surface area (Å²) in [5, 5.41) is 12.9. The fourth-order valence-electron chi connectivity index (χ4n) is 4.74. The number of likely N-dealkylation sites (tertiary alicyclic amines) is 1. The van der Waals surface area contributed by atoms with E-state index in [0.29, 0.717) is 54.7 Å². The zero-order valence-corrected chi connectivity index (χ0v) is 21.3. The topological polar surface area (TPSA) is 117 Å². The molecule has 37 heavy (non-hydrogen) atoms. The predicted octanol–water partition coefficient (Wildman–Crippen LogP) is 3.49. The second kappa shape index (κ2) is 9.89. The van der Waals surface area contributed by atoms with Crippen LogP contribution in [0.4, 0.5) is 5.82 Å². The number of piperidine rings is 1. The van der Waals surface area contributed by atoms with Gasteiger partial charge in [-0.2, -0.15) is 5.10 Å². The number of hydrogen-bond acceptors (Lipinski definition) is 8. The molecule has 1 saturated carbocycles. The summed E-state index contributed by atoms with van der Waals surface area (Å²) in [6.45, 7) is 3.25. The fourth-order valence-corrected chi connectivity index (χ4v) is 5.53. The molecule has 1 aliphatic heterocycles. The van der Waals surface area contributed by atoms with Crippen molar-refractivity contribution in [3.8, 4) is 11.4 Å². The minimum absolute atomic E-state index is 0.0156. The summed E-state index contributed by atoms with van der Waals surface area (Å²) in [6, 6.07) is 5.44. The summed E-state index contributed by atoms with van der Waals surface area (Å²) in [5.74, 6) is 1.55. The standard InChI is InChI=1S/C26H28N8O2S/c1-16(17-2-3-17)29-22-14-21(31-23(32-22)20-15-28-34-12-13-37-26(20)34)25(36)33-10-6-19(7-11-33)30-24(35)18-4-8-27-9-5-18/h4-5,8-9,12-17,19H,2-3,6-7,10-11H2,1H3,(H,30,35)(H,29,31,32)/t16-/m0/s1. The number of fused-ring (bicyclic) bond motifs is 1. The van der Waals surface area contributed by atoms with Crippen molar-refractivity contribution < 1.29 is 9.59 Å². The van der Waals surface area contributed by atoms with Crippen molar-refractivity contribution in [3.63, 3.8) is 0 Å². The van der Waals surface area contributed by atoms with Gasteiger partial charge >= 0.3 is 0 Å². The SMILES string of the molecule is C[C@H](Nc1cc(C(=O)N2CCC(NC(=O)c3ccncc3)CC2)nc(-c2cnn3ccsc23)n1)C1CC1. The maximum absolute atomic E-state index is 13.6. The smallest absolute Gasteiger partial charge is 0.272 e. The van der Waals surface area contributed by atoms with Crippen LogP contribution >= 0.6 is 11.3 Å². The van der Waals surface area contributed by atoms with Crippen LogP contribution in [0.15, 0.2) is 48.4 Å². The molecule has 1 saturated heterocycles. The summed E-state index contributed by atoms with van der Waals surface area (Å²) in [6.07, 6.45) is 10.6. The van der Waals surface area contributed by atoms with Gasteiger partial charge in [0.25, 0.3) is 11.8 Å². The first-order valence-corrected chi connectivity index (χ1v) is 13.5. The third-order valence-electron chi connectivity index (χ3n) is 7.08. The van der Waals surface area contributed by atoms with Crippen LogP contribution in [0, 0.1) is 5.92 Å². The van der Waals surface area contributed by atoms with Gasteiger partial charge in [-0.1, -0.05) is 0 Å². The molecule has 190 valence electrons. The first-order valence-electron chi connectivity index (χ1n) is 12.6. The maximum Gasteiger partial charge on any atom is 0.272 e. The number of nitrogens with one attached hydrogen (secondary N) is 2. The Kier molecular flexibility index (Phi) is 6.29. The Hall–Kier alpha value is -3.86. The summed E-state index contributed by atoms with van der Waals surface area (Å²) in [4.78, 5) is 42.2. The number of amides is 2. The fraction of sp³-hybridized carbons (Fsp3) is 0.385. The van der Waals surface area contributed by atoms with Gasteiger partial charge in [0.2, 0.25) is 0 Å². The van der Waals surface area contributed by atoms with Gasteiger partial charge in [0.1, 0.15) is 16.3 Å². The molecule has 0 spiro atoms. The van der Waals surface area contributed by atoms with E-state index >= 15 is 0 Å². The first-order chi connectivity index (χ1) is 18.0. The maximum atomic E-state index is 13.6. The van der Waals surface area contributed by atoms with E-state index in [1.807, 2.05) is 16.5 Å². The number of carbonyl (C=O) groups excluding carboxylic acids is 2. The van der Waals surface area contributed by atoms with E-state index in [2.05, 4.69) is 27.6 Å². The Labute approximate surface area is 218 Å². The van der Waals surface area contributed by atoms with E-state index in [1.54, 1.807) is 52.6 Å². The van der Waals surface area contributed by atoms with Crippen LogP contribution in [0.3, 0.4) is 0 Å². The van der Waals surface area contributed by atoms with Crippen LogP contribution in [-0.4, -0.2) is 66.5 Å². The van der Waals surface area contributed by atoms with Gasteiger partial charge in [-0.05, 0) is 50.7 Å². The molecule has 2 N–H and O–H groups in total. The molecule has 2 fully saturated rings. The second-order valence-electron chi connectivity index (χ2n) is 9.72. The minimum Gasteiger partial charge on any atom is -0.367 e. The van der Waals surface area contributed by atoms with E-state index in [1.165, 1.54) is 12.8 Å². The highest BCUT2D eigenvalue weighted by Gasteiger charge is 2.30. The van der Waals surface area contributed by atoms with Crippen LogP contribution in [0.5, 0.6) is 0 Å². The van der Waals surface area contributed by atoms with E-state index in [9.17, 15) is 9.59 Å². The molecule has 5 heterocycles. The third kappa shape index (κ3) is 5.04. The summed E-state index contributed by atoms with van der Waals surface area (Å²) in [7, 11) is 0. The molecule has 4 aromatic rings. The van der Waals surface area contributed by atoms with Crippen molar-refractivity contribution in [3.05, 3.63) is 59.6 Å². The van der Waals surface area contributed by atoms with Crippen molar-refractivity contribution in [1.82, 2.24) is 34.8 Å². The lowest BCUT2D eigenvalue weighted by Crippen LogP contribution is -2.46. The van der Waals surface area contributed by atoms with E-state index in [4.69, 9.17) is 9.97 Å². The largest absolute Gasteiger partial charge is 0.367 e. The quantitative estimate of drug-likeness (QED) is 0.386. The van der Waals surface area contributed by atoms with Crippen LogP contribution in [0.2, 0.25) is 0 Å². The highest BCUT2D eigenvalue weighted by Crippen LogP contribution is 2.34. The van der Waals surface area contributed by atoms with Crippen LogP contribution < -0.4 is 10.6 Å². The molecule has 1 atom stereocenters. The predicted molar refractivity (Wildman–Crippen MR) is 141 cm³/mol. The highest BCUT2D eigenvalue weighted by atomic mass is 32.1. The summed E-state index contributed by atoms with van der Waals surface area (Å²) >= 11 is 1.56. The third-order valence-corrected chi connectivity index (χ3v) is 7.97. The number of thiazole rings is 1. The first kappa shape index (κ1) is 23.5. The Balaban J connectivity index is 1.19. The number of hydrogen-bond donors (Lipinski definition) is 2. The number of rotatable bonds is 7. The van der Waals surface area contributed by atoms with Crippen LogP contribution in [0.25, 0.3) is 16.2 Å². The van der Waals surface area contributed by atoms with Gasteiger partial charge in [-0.15, -0.1) is 11.3 Å². The average molecular weight is 517 g/mol. The lowest BCUT2D eigenvalue weighted by molar-refractivity contribution is 0.0692. The Morgan fingerprint density at radius 3 is 2.65 bits per heavy atom. The van der Waals surface area contributed by atoms with Crippen molar-refractivity contribution in [2.45, 2.75) is 44.7 Å². The van der Waals surface area contributed by atoms with E-state index in [-0.39, 0.29) is 23.9 Å². The highest BCUT2D eigenvalue weighted by molar-refractivity contribution is 7.16. The Bertz CT molecular complexity index is 1420. The molecule has 2 amide bonds. The van der Waals surface area contributed by atoms with Crippen molar-refractivity contribution >= 4 is 33.8 Å². The molecule has 0 bridgehead atoms. The van der Waals surface area contributed by atoms with E-state index < -0.39 is 0 Å². The molecule has 11 heteroatoms. The van der Waals surface area contributed by atoms with Crippen LogP contribution in [0.1, 0.15) is 53.5 Å². The average Bonchev–Trinajstić information content (AvgIpc) is 3.55.